The third kappa shape index (κ3) is 15.2. The van der Waals surface area contributed by atoms with Gasteiger partial charge in [-0.2, -0.15) is 0 Å². The summed E-state index contributed by atoms with van der Waals surface area (Å²) in [5.74, 6) is -3.30. The molecule has 374 valence electrons. The SMILES string of the molecule is [B]n1cc(CCN(C)C2C(O)C(C)O[C@@H](O[C@H]3[C@@H](CC(OCC)OCC)C[C@@H](C)C(=O)/C=C/C(C)=C/C(COC4OC(C)C(O)C(OC)C4OC)C(CC)OC(=O)C[C@@H](O)[C@@H]3C)C2O)nn1. The third-order valence-corrected chi connectivity index (χ3v) is 13.1. The van der Waals surface area contributed by atoms with Crippen LogP contribution in [0.1, 0.15) is 86.8 Å². The number of ketones is 1. The van der Waals surface area contributed by atoms with Gasteiger partial charge in [0.1, 0.15) is 30.5 Å². The molecule has 19 nitrogen and oxygen atoms in total. The number of likely N-dealkylation sites (N-methyl/N-ethyl adjacent to an activating group) is 1. The molecule has 0 aliphatic carbocycles. The number of methoxy groups -OCH3 is 2. The molecular weight excluding hydrogens is 859 g/mol. The molecule has 2 radical (unpaired) electrons. The zero-order valence-corrected chi connectivity index (χ0v) is 40.7. The fraction of sp³-hybridized carbons (Fsp3) is 0.826. The number of esters is 1. The lowest BCUT2D eigenvalue weighted by Gasteiger charge is -2.47. The topological polar surface area (TPSA) is 232 Å². The van der Waals surface area contributed by atoms with Crippen molar-refractivity contribution in [1.82, 2.24) is 19.8 Å². The number of ether oxygens (including phenoxy) is 9. The molecule has 0 amide bonds. The molecular formula is C46H77BN4O15. The van der Waals surface area contributed by atoms with Crippen molar-refractivity contribution in [1.29, 1.82) is 0 Å². The average Bonchev–Trinajstić information content (AvgIpc) is 3.70. The molecule has 66 heavy (non-hydrogen) atoms. The molecule has 2 fully saturated rings. The van der Waals surface area contributed by atoms with Crippen LogP contribution in [0.2, 0.25) is 0 Å². The van der Waals surface area contributed by atoms with Gasteiger partial charge in [0.15, 0.2) is 24.7 Å². The Balaban J connectivity index is 1.69. The minimum Gasteiger partial charge on any atom is -0.462 e. The average molecular weight is 937 g/mol. The van der Waals surface area contributed by atoms with E-state index < -0.39 is 122 Å². The van der Waals surface area contributed by atoms with Gasteiger partial charge in [-0.1, -0.05) is 43.7 Å². The van der Waals surface area contributed by atoms with Crippen molar-refractivity contribution in [3.05, 3.63) is 35.7 Å². The van der Waals surface area contributed by atoms with Gasteiger partial charge in [0.2, 0.25) is 0 Å². The Bertz CT molecular complexity index is 1680. The first-order chi connectivity index (χ1) is 31.4. The fourth-order valence-electron chi connectivity index (χ4n) is 9.22. The minimum absolute atomic E-state index is 0.00476. The number of rotatable bonds is 18. The molecule has 11 unspecified atom stereocenters. The summed E-state index contributed by atoms with van der Waals surface area (Å²) in [6.45, 7) is 15.4. The van der Waals surface area contributed by atoms with E-state index in [1.807, 2.05) is 40.7 Å². The Morgan fingerprint density at radius 2 is 1.56 bits per heavy atom. The van der Waals surface area contributed by atoms with Crippen molar-refractivity contribution in [3.63, 3.8) is 0 Å². The molecule has 17 atom stereocenters. The molecule has 4 heterocycles. The second-order valence-electron chi connectivity index (χ2n) is 18.0. The van der Waals surface area contributed by atoms with Crippen molar-refractivity contribution in [2.24, 2.45) is 23.7 Å². The van der Waals surface area contributed by atoms with Gasteiger partial charge in [-0.15, -0.1) is 5.10 Å². The molecule has 3 aliphatic rings. The lowest BCUT2D eigenvalue weighted by molar-refractivity contribution is -0.307. The highest BCUT2D eigenvalue weighted by Gasteiger charge is 2.49. The number of hydrogen-bond donors (Lipinski definition) is 4. The van der Waals surface area contributed by atoms with Gasteiger partial charge in [0, 0.05) is 70.8 Å². The highest BCUT2D eigenvalue weighted by Crippen LogP contribution is 2.36. The molecule has 1 aromatic rings. The van der Waals surface area contributed by atoms with Crippen LogP contribution in [0.3, 0.4) is 0 Å². The summed E-state index contributed by atoms with van der Waals surface area (Å²) in [5.41, 5.74) is 1.33. The van der Waals surface area contributed by atoms with E-state index in [4.69, 9.17) is 50.6 Å². The number of aromatic nitrogens is 3. The van der Waals surface area contributed by atoms with Crippen molar-refractivity contribution in [2.75, 3.05) is 47.6 Å². The number of allylic oxidation sites excluding steroid dienone is 3. The molecule has 2 saturated heterocycles. The maximum atomic E-state index is 14.0. The van der Waals surface area contributed by atoms with E-state index in [1.54, 1.807) is 45.0 Å². The van der Waals surface area contributed by atoms with Gasteiger partial charge < -0.3 is 67.7 Å². The first-order valence-corrected chi connectivity index (χ1v) is 23.4. The van der Waals surface area contributed by atoms with Gasteiger partial charge in [0.25, 0.3) is 7.98 Å². The zero-order chi connectivity index (χ0) is 48.8. The Morgan fingerprint density at radius 1 is 0.909 bits per heavy atom. The Kier molecular flexibility index (Phi) is 22.8. The third-order valence-electron chi connectivity index (χ3n) is 13.1. The van der Waals surface area contributed by atoms with Crippen molar-refractivity contribution < 1.29 is 72.6 Å². The van der Waals surface area contributed by atoms with Gasteiger partial charge in [-0.05, 0) is 66.5 Å². The second kappa shape index (κ2) is 26.9. The van der Waals surface area contributed by atoms with Crippen LogP contribution in [0, 0.1) is 23.7 Å². The molecule has 4 rings (SSSR count). The van der Waals surface area contributed by atoms with Gasteiger partial charge >= 0.3 is 5.97 Å². The fourth-order valence-corrected chi connectivity index (χ4v) is 9.22. The van der Waals surface area contributed by atoms with Gasteiger partial charge in [-0.3, -0.25) is 14.5 Å². The van der Waals surface area contributed by atoms with Crippen LogP contribution in [0.5, 0.6) is 0 Å². The highest BCUT2D eigenvalue weighted by atomic mass is 16.7. The van der Waals surface area contributed by atoms with Crippen LogP contribution in [-0.4, -0.2) is 194 Å². The van der Waals surface area contributed by atoms with Crippen LogP contribution in [0.15, 0.2) is 30.0 Å². The zero-order valence-electron chi connectivity index (χ0n) is 40.7. The highest BCUT2D eigenvalue weighted by molar-refractivity contribution is 6.05. The van der Waals surface area contributed by atoms with Crippen LogP contribution in [-0.2, 0) is 58.6 Å². The van der Waals surface area contributed by atoms with Crippen molar-refractivity contribution in [2.45, 2.75) is 173 Å². The maximum Gasteiger partial charge on any atom is 0.308 e. The molecule has 20 heteroatoms. The smallest absolute Gasteiger partial charge is 0.308 e. The monoisotopic (exact) mass is 937 g/mol. The molecule has 4 N–H and O–H groups in total. The van der Waals surface area contributed by atoms with Crippen LogP contribution >= 0.6 is 0 Å². The van der Waals surface area contributed by atoms with E-state index in [0.29, 0.717) is 43.9 Å². The number of aliphatic hydroxyl groups is 4. The largest absolute Gasteiger partial charge is 0.462 e. The number of carbonyl (C=O) groups is 2. The first-order valence-electron chi connectivity index (χ1n) is 23.4. The van der Waals surface area contributed by atoms with E-state index in [1.165, 1.54) is 20.3 Å². The summed E-state index contributed by atoms with van der Waals surface area (Å²) in [5, 5.41) is 53.9. The standard InChI is InChI=1S/C46H77BN4O15/c1-12-35-31(24-62-46-44(59-11)43(58-10)40(56)29(8)64-46)19-25(4)15-16-33(52)26(5)20-30(21-37(60-13-2)61-14-3)42(27(6)34(53)22-36(54)65-35)66-45-41(57)38(39(55)28(7)63-45)50(9)18-17-32-23-51(47)49-48-32/h15-16,19,23,26-31,34-35,37-46,53,55-57H,12-14,17-18,20-22,24H2,1-11H3/b16-15+,25-19+/t26-,27+,28?,29?,30-,31?,34-,35?,38?,39?,40?,41?,42-,43?,44?,45+,46?/m1/s1. The summed E-state index contributed by atoms with van der Waals surface area (Å²) in [6.07, 6.45) is -4.77. The predicted octanol–water partition coefficient (Wildman–Crippen LogP) is 1.90. The second-order valence-corrected chi connectivity index (χ2v) is 18.0. The number of cyclic esters (lactones) is 1. The van der Waals surface area contributed by atoms with E-state index >= 15 is 0 Å². The number of hydrogen-bond acceptors (Lipinski definition) is 18. The summed E-state index contributed by atoms with van der Waals surface area (Å²) < 4.78 is 55.8. The predicted molar refractivity (Wildman–Crippen MR) is 241 cm³/mol. The lowest BCUT2D eigenvalue weighted by atomic mass is 9.79. The summed E-state index contributed by atoms with van der Waals surface area (Å²) >= 11 is 0. The lowest BCUT2D eigenvalue weighted by Crippen LogP contribution is -2.64. The van der Waals surface area contributed by atoms with Crippen molar-refractivity contribution in [3.8, 4) is 0 Å². The molecule has 0 bridgehead atoms. The summed E-state index contributed by atoms with van der Waals surface area (Å²) in [4.78, 5) is 29.8. The van der Waals surface area contributed by atoms with E-state index in [-0.39, 0.29) is 25.2 Å². The van der Waals surface area contributed by atoms with Crippen LogP contribution in [0.25, 0.3) is 0 Å². The molecule has 0 aromatic carbocycles. The Hall–Kier alpha value is -2.70. The van der Waals surface area contributed by atoms with E-state index in [0.717, 1.165) is 4.59 Å². The number of nitrogens with zero attached hydrogens (tertiary/aromatic N) is 4. The maximum absolute atomic E-state index is 14.0. The van der Waals surface area contributed by atoms with Crippen LogP contribution < -0.4 is 0 Å². The number of carbonyl (C=O) groups excluding carboxylic acids is 2. The summed E-state index contributed by atoms with van der Waals surface area (Å²) in [6, 6.07) is -0.850. The molecule has 1 aromatic heterocycles. The Morgan fingerprint density at radius 3 is 2.17 bits per heavy atom. The quantitative estimate of drug-likeness (QED) is 0.0936. The van der Waals surface area contributed by atoms with Gasteiger partial charge in [-0.25, -0.2) is 0 Å². The van der Waals surface area contributed by atoms with E-state index in [9.17, 15) is 30.0 Å². The number of aliphatic hydroxyl groups excluding tert-OH is 4. The Labute approximate surface area is 391 Å². The summed E-state index contributed by atoms with van der Waals surface area (Å²) in [7, 11) is 10.4. The molecule has 3 aliphatic heterocycles. The normalized spacial score (nSPS) is 38.0. The van der Waals surface area contributed by atoms with Crippen LogP contribution in [0.4, 0.5) is 0 Å². The first kappa shape index (κ1) is 55.9. The van der Waals surface area contributed by atoms with Gasteiger partial charge in [0.05, 0.1) is 55.3 Å². The molecule has 0 saturated carbocycles. The molecule has 0 spiro atoms. The van der Waals surface area contributed by atoms with E-state index in [2.05, 4.69) is 10.3 Å². The van der Waals surface area contributed by atoms with Crippen molar-refractivity contribution >= 4 is 19.7 Å². The minimum atomic E-state index is -1.38.